The number of piperidine rings is 1. The first kappa shape index (κ1) is 20.0. The number of aromatic nitrogens is 1. The maximum Gasteiger partial charge on any atom is 0.251 e. The number of likely N-dealkylation sites (tertiary alicyclic amines) is 1. The molecular weight excluding hydrogens is 338 g/mol. The summed E-state index contributed by atoms with van der Waals surface area (Å²) in [4.78, 5) is 18.6. The fourth-order valence-corrected chi connectivity index (χ4v) is 4.62. The highest BCUT2D eigenvalue weighted by Gasteiger charge is 2.31. The smallest absolute Gasteiger partial charge is 0.251 e. The molecule has 1 saturated heterocycles. The van der Waals surface area contributed by atoms with Crippen molar-refractivity contribution in [3.8, 4) is 0 Å². The van der Waals surface area contributed by atoms with Crippen molar-refractivity contribution in [3.63, 3.8) is 0 Å². The number of β-amino-alcohol motifs (C(OH)–C–C–N with tert-alkyl or cyclic N) is 1. The molecule has 0 saturated carbocycles. The summed E-state index contributed by atoms with van der Waals surface area (Å²) >= 11 is 0. The molecule has 2 N–H and O–H groups in total. The van der Waals surface area contributed by atoms with Crippen LogP contribution in [0.15, 0.2) is 35.7 Å². The molecule has 1 amide bonds. The molecule has 0 unspecified atom stereocenters. The van der Waals surface area contributed by atoms with E-state index in [0.717, 1.165) is 25.9 Å². The number of aliphatic hydroxyl groups is 1. The zero-order valence-corrected chi connectivity index (χ0v) is 16.9. The van der Waals surface area contributed by atoms with Gasteiger partial charge in [0, 0.05) is 37.6 Å². The Balaban J connectivity index is 1.51. The first-order valence-corrected chi connectivity index (χ1v) is 10.2. The van der Waals surface area contributed by atoms with Gasteiger partial charge in [-0.15, -0.1) is 0 Å². The topological polar surface area (TPSA) is 65.5 Å². The fraction of sp³-hybridized carbons (Fsp3) is 0.636. The van der Waals surface area contributed by atoms with Gasteiger partial charge in [-0.1, -0.05) is 25.0 Å². The van der Waals surface area contributed by atoms with E-state index in [-0.39, 0.29) is 11.9 Å². The van der Waals surface area contributed by atoms with Crippen molar-refractivity contribution < 1.29 is 9.90 Å². The maximum absolute atomic E-state index is 12.3. The summed E-state index contributed by atoms with van der Waals surface area (Å²) in [6, 6.07) is 3.20. The van der Waals surface area contributed by atoms with Gasteiger partial charge >= 0.3 is 0 Å². The average Bonchev–Trinajstić information content (AvgIpc) is 2.63. The van der Waals surface area contributed by atoms with Crippen molar-refractivity contribution in [1.82, 2.24) is 15.2 Å². The maximum atomic E-state index is 12.3. The van der Waals surface area contributed by atoms with Crippen LogP contribution in [-0.2, 0) is 0 Å². The second-order valence-electron chi connectivity index (χ2n) is 8.72. The van der Waals surface area contributed by atoms with Crippen molar-refractivity contribution in [3.05, 3.63) is 41.2 Å². The van der Waals surface area contributed by atoms with Gasteiger partial charge in [-0.2, -0.15) is 0 Å². The minimum atomic E-state index is -0.529. The summed E-state index contributed by atoms with van der Waals surface area (Å²) in [7, 11) is 0. The molecule has 2 atom stereocenters. The molecule has 0 spiro atoms. The monoisotopic (exact) mass is 371 g/mol. The molecule has 1 fully saturated rings. The molecule has 0 aromatic carbocycles. The van der Waals surface area contributed by atoms with E-state index in [1.807, 2.05) is 0 Å². The van der Waals surface area contributed by atoms with Crippen LogP contribution in [0.5, 0.6) is 0 Å². The van der Waals surface area contributed by atoms with E-state index in [4.69, 9.17) is 0 Å². The minimum Gasteiger partial charge on any atom is -0.390 e. The van der Waals surface area contributed by atoms with E-state index < -0.39 is 6.10 Å². The molecular formula is C22H33N3O2. The largest absolute Gasteiger partial charge is 0.390 e. The molecule has 0 bridgehead atoms. The third kappa shape index (κ3) is 4.96. The number of pyridine rings is 1. The molecule has 2 heterocycles. The number of hydrogen-bond acceptors (Lipinski definition) is 4. The van der Waals surface area contributed by atoms with Crippen LogP contribution in [0.4, 0.5) is 0 Å². The van der Waals surface area contributed by atoms with Crippen LogP contribution < -0.4 is 5.32 Å². The number of aliphatic hydroxyl groups excluding tert-OH is 1. The standard InChI is InChI=1S/C22H33N3O2/c1-16-5-4-10-22(2,3)18(16)8-13-25-14-9-19(20(26)15-25)24-21(27)17-6-11-23-12-7-17/h6-7,11-12,19-20,26H,4-5,8-10,13-15H2,1-3H3,(H,24,27)/t19-,20-/m1/s1. The number of carbonyl (C=O) groups is 1. The Morgan fingerprint density at radius 2 is 2.11 bits per heavy atom. The van der Waals surface area contributed by atoms with Crippen molar-refractivity contribution in [2.45, 2.75) is 65.0 Å². The van der Waals surface area contributed by atoms with Crippen LogP contribution in [0.2, 0.25) is 0 Å². The Kier molecular flexibility index (Phi) is 6.33. The number of nitrogens with zero attached hydrogens (tertiary/aromatic N) is 2. The van der Waals surface area contributed by atoms with E-state index in [2.05, 4.69) is 36.0 Å². The Morgan fingerprint density at radius 3 is 2.78 bits per heavy atom. The summed E-state index contributed by atoms with van der Waals surface area (Å²) < 4.78 is 0. The highest BCUT2D eigenvalue weighted by Crippen LogP contribution is 2.41. The fourth-order valence-electron chi connectivity index (χ4n) is 4.62. The number of amides is 1. The van der Waals surface area contributed by atoms with Gasteiger partial charge in [0.15, 0.2) is 0 Å². The molecule has 1 aromatic heterocycles. The van der Waals surface area contributed by atoms with E-state index >= 15 is 0 Å². The summed E-state index contributed by atoms with van der Waals surface area (Å²) in [6.07, 6.45) is 8.34. The lowest BCUT2D eigenvalue weighted by Gasteiger charge is -2.39. The predicted octanol–water partition coefficient (Wildman–Crippen LogP) is 3.16. The second kappa shape index (κ2) is 8.53. The van der Waals surface area contributed by atoms with Crippen LogP contribution >= 0.6 is 0 Å². The number of rotatable bonds is 5. The molecule has 1 aliphatic heterocycles. The van der Waals surface area contributed by atoms with Gasteiger partial charge < -0.3 is 15.3 Å². The lowest BCUT2D eigenvalue weighted by Crippen LogP contribution is -2.54. The van der Waals surface area contributed by atoms with E-state index in [1.165, 1.54) is 19.3 Å². The Labute approximate surface area is 162 Å². The second-order valence-corrected chi connectivity index (χ2v) is 8.72. The number of hydrogen-bond donors (Lipinski definition) is 2. The molecule has 2 aliphatic rings. The summed E-state index contributed by atoms with van der Waals surface area (Å²) in [6.45, 7) is 9.52. The van der Waals surface area contributed by atoms with Gasteiger partial charge in [0.2, 0.25) is 0 Å². The molecule has 27 heavy (non-hydrogen) atoms. The van der Waals surface area contributed by atoms with Gasteiger partial charge in [-0.3, -0.25) is 9.78 Å². The average molecular weight is 372 g/mol. The van der Waals surface area contributed by atoms with Crippen molar-refractivity contribution in [2.75, 3.05) is 19.6 Å². The highest BCUT2D eigenvalue weighted by molar-refractivity contribution is 5.94. The quantitative estimate of drug-likeness (QED) is 0.781. The van der Waals surface area contributed by atoms with E-state index in [1.54, 1.807) is 35.7 Å². The van der Waals surface area contributed by atoms with E-state index in [0.29, 0.717) is 17.5 Å². The molecule has 1 aliphatic carbocycles. The lowest BCUT2D eigenvalue weighted by molar-refractivity contribution is 0.0378. The van der Waals surface area contributed by atoms with Gasteiger partial charge in [0.05, 0.1) is 12.1 Å². The van der Waals surface area contributed by atoms with Gasteiger partial charge in [0.25, 0.3) is 5.91 Å². The third-order valence-electron chi connectivity index (χ3n) is 6.29. The van der Waals surface area contributed by atoms with Gasteiger partial charge in [-0.25, -0.2) is 0 Å². The summed E-state index contributed by atoms with van der Waals surface area (Å²) in [5.74, 6) is -0.139. The van der Waals surface area contributed by atoms with Crippen LogP contribution in [0.25, 0.3) is 0 Å². The first-order chi connectivity index (χ1) is 12.9. The normalized spacial score (nSPS) is 26.1. The van der Waals surface area contributed by atoms with Crippen LogP contribution in [-0.4, -0.2) is 52.7 Å². The number of nitrogens with one attached hydrogen (secondary N) is 1. The molecule has 5 nitrogen and oxygen atoms in total. The van der Waals surface area contributed by atoms with Crippen molar-refractivity contribution in [1.29, 1.82) is 0 Å². The third-order valence-corrected chi connectivity index (χ3v) is 6.29. The Morgan fingerprint density at radius 1 is 1.37 bits per heavy atom. The van der Waals surface area contributed by atoms with Crippen molar-refractivity contribution >= 4 is 5.91 Å². The molecule has 3 rings (SSSR count). The van der Waals surface area contributed by atoms with Crippen molar-refractivity contribution in [2.24, 2.45) is 5.41 Å². The van der Waals surface area contributed by atoms with Gasteiger partial charge in [0.1, 0.15) is 0 Å². The molecule has 1 aromatic rings. The van der Waals surface area contributed by atoms with Crippen LogP contribution in [0.1, 0.15) is 63.2 Å². The SMILES string of the molecule is CC1=C(CCN2CC[C@@H](NC(=O)c3ccncc3)[C@H](O)C2)C(C)(C)CCC1. The summed E-state index contributed by atoms with van der Waals surface area (Å²) in [5, 5.41) is 13.5. The van der Waals surface area contributed by atoms with E-state index in [9.17, 15) is 9.90 Å². The molecule has 0 radical (unpaired) electrons. The minimum absolute atomic E-state index is 0.139. The highest BCUT2D eigenvalue weighted by atomic mass is 16.3. The zero-order chi connectivity index (χ0) is 19.4. The Bertz CT molecular complexity index is 684. The predicted molar refractivity (Wildman–Crippen MR) is 108 cm³/mol. The zero-order valence-electron chi connectivity index (χ0n) is 16.9. The Hall–Kier alpha value is -1.72. The van der Waals surface area contributed by atoms with Crippen LogP contribution in [0.3, 0.4) is 0 Å². The molecule has 5 heteroatoms. The molecule has 148 valence electrons. The summed E-state index contributed by atoms with van der Waals surface area (Å²) in [5.41, 5.74) is 4.06. The number of allylic oxidation sites excluding steroid dienone is 1. The van der Waals surface area contributed by atoms with Gasteiger partial charge in [-0.05, 0) is 56.6 Å². The van der Waals surface area contributed by atoms with Crippen LogP contribution in [0, 0.1) is 5.41 Å². The number of carbonyl (C=O) groups excluding carboxylic acids is 1. The first-order valence-electron chi connectivity index (χ1n) is 10.2. The lowest BCUT2D eigenvalue weighted by atomic mass is 9.71.